The number of anilines is 1. The van der Waals surface area contributed by atoms with E-state index in [1.807, 2.05) is 41.9 Å². The van der Waals surface area contributed by atoms with E-state index in [-0.39, 0.29) is 20.5 Å². The molecule has 1 saturated heterocycles. The largest absolute Gasteiger partial charge is 0.495 e. The Morgan fingerprint density at radius 2 is 2.11 bits per heavy atom. The summed E-state index contributed by atoms with van der Waals surface area (Å²) >= 11 is 10.2. The summed E-state index contributed by atoms with van der Waals surface area (Å²) in [5.41, 5.74) is 2.05. The van der Waals surface area contributed by atoms with Crippen molar-refractivity contribution in [1.29, 1.82) is 0 Å². The van der Waals surface area contributed by atoms with E-state index in [0.717, 1.165) is 29.1 Å². The van der Waals surface area contributed by atoms with Gasteiger partial charge in [-0.25, -0.2) is 8.42 Å². The molecular weight excluding hydrogens is 544 g/mol. The minimum Gasteiger partial charge on any atom is -0.495 e. The van der Waals surface area contributed by atoms with Gasteiger partial charge in [-0.2, -0.15) is 5.10 Å². The van der Waals surface area contributed by atoms with Gasteiger partial charge in [-0.3, -0.25) is 9.40 Å². The number of rotatable bonds is 6. The van der Waals surface area contributed by atoms with Gasteiger partial charge in [-0.1, -0.05) is 16.8 Å². The van der Waals surface area contributed by atoms with E-state index in [1.54, 1.807) is 29.1 Å². The van der Waals surface area contributed by atoms with Crippen molar-refractivity contribution in [2.45, 2.75) is 21.9 Å². The first-order valence-electron chi connectivity index (χ1n) is 11.1. The molecule has 4 aromatic rings. The van der Waals surface area contributed by atoms with E-state index in [4.69, 9.17) is 25.6 Å². The number of hydrogen-bond acceptors (Lipinski definition) is 9. The average Bonchev–Trinajstić information content (AvgIpc) is 3.61. The lowest BCUT2D eigenvalue weighted by atomic mass is 10.0. The molecule has 2 aromatic carbocycles. The van der Waals surface area contributed by atoms with Crippen LogP contribution in [0.5, 0.6) is 11.5 Å². The van der Waals surface area contributed by atoms with Gasteiger partial charge in [0.1, 0.15) is 11.5 Å². The van der Waals surface area contributed by atoms with Crippen LogP contribution in [0.3, 0.4) is 0 Å². The van der Waals surface area contributed by atoms with Gasteiger partial charge in [-0.15, -0.1) is 23.5 Å². The molecule has 1 N–H and O–H groups in total. The van der Waals surface area contributed by atoms with Gasteiger partial charge in [0, 0.05) is 35.9 Å². The third-order valence-corrected chi connectivity index (χ3v) is 11.4. The Morgan fingerprint density at radius 1 is 1.28 bits per heavy atom. The predicted octanol–water partition coefficient (Wildman–Crippen LogP) is 4.95. The molecule has 0 bridgehead atoms. The molecule has 2 aliphatic rings. The molecule has 2 aliphatic heterocycles. The van der Waals surface area contributed by atoms with E-state index in [1.165, 1.54) is 7.11 Å². The van der Waals surface area contributed by atoms with Gasteiger partial charge >= 0.3 is 0 Å². The summed E-state index contributed by atoms with van der Waals surface area (Å²) in [5, 5.41) is 8.85. The Bertz CT molecular complexity index is 1550. The minimum absolute atomic E-state index is 0.00423. The third-order valence-electron chi connectivity index (χ3n) is 6.13. The summed E-state index contributed by atoms with van der Waals surface area (Å²) in [7, 11) is -2.75. The van der Waals surface area contributed by atoms with E-state index < -0.39 is 10.0 Å². The zero-order chi connectivity index (χ0) is 24.9. The minimum atomic E-state index is -4.19. The van der Waals surface area contributed by atoms with Crippen LogP contribution in [0.2, 0.25) is 5.02 Å². The molecule has 1 fully saturated rings. The average molecular weight is 565 g/mol. The fourth-order valence-corrected chi connectivity index (χ4v) is 9.47. The first-order valence-corrected chi connectivity index (χ1v) is 14.9. The van der Waals surface area contributed by atoms with Crippen molar-refractivity contribution in [1.82, 2.24) is 14.9 Å². The van der Waals surface area contributed by atoms with E-state index in [2.05, 4.69) is 15.0 Å². The van der Waals surface area contributed by atoms with Crippen LogP contribution < -0.4 is 14.2 Å². The highest BCUT2D eigenvalue weighted by Gasteiger charge is 2.45. The van der Waals surface area contributed by atoms with Gasteiger partial charge in [0.25, 0.3) is 10.0 Å². The van der Waals surface area contributed by atoms with Gasteiger partial charge in [0.2, 0.25) is 0 Å². The van der Waals surface area contributed by atoms with E-state index in [0.29, 0.717) is 34.9 Å². The third kappa shape index (κ3) is 4.00. The van der Waals surface area contributed by atoms with E-state index >= 15 is 0 Å². The lowest BCUT2D eigenvalue weighted by molar-refractivity contribution is 0.268. The molecule has 2 aromatic heterocycles. The Labute approximate surface area is 220 Å². The number of thioether (sulfide) groups is 2. The highest BCUT2D eigenvalue weighted by atomic mass is 35.5. The van der Waals surface area contributed by atoms with Crippen LogP contribution in [-0.2, 0) is 20.6 Å². The monoisotopic (exact) mass is 564 g/mol. The number of fused-ring (bicyclic) bond motifs is 3. The highest BCUT2D eigenvalue weighted by molar-refractivity contribution is 8.20. The molecule has 9 nitrogen and oxygen atoms in total. The summed E-state index contributed by atoms with van der Waals surface area (Å²) < 4.78 is 48.5. The van der Waals surface area contributed by atoms with Crippen LogP contribution in [0.15, 0.2) is 52.1 Å². The summed E-state index contributed by atoms with van der Waals surface area (Å²) in [5.74, 6) is 2.50. The molecule has 4 heterocycles. The van der Waals surface area contributed by atoms with Crippen LogP contribution in [0.25, 0.3) is 11.0 Å². The number of benzene rings is 2. The van der Waals surface area contributed by atoms with Crippen molar-refractivity contribution in [3.05, 3.63) is 58.9 Å². The second kappa shape index (κ2) is 9.09. The van der Waals surface area contributed by atoms with Crippen molar-refractivity contribution in [3.8, 4) is 11.5 Å². The molecule has 0 unspecified atom stereocenters. The van der Waals surface area contributed by atoms with Crippen molar-refractivity contribution < 1.29 is 22.4 Å². The molecule has 13 heteroatoms. The lowest BCUT2D eigenvalue weighted by Gasteiger charge is -2.35. The van der Waals surface area contributed by atoms with Crippen molar-refractivity contribution in [2.75, 3.05) is 29.9 Å². The van der Waals surface area contributed by atoms with Crippen LogP contribution in [-0.4, -0.2) is 48.6 Å². The summed E-state index contributed by atoms with van der Waals surface area (Å²) in [6.45, 7) is 0.896. The normalized spacial score (nSPS) is 16.7. The van der Waals surface area contributed by atoms with Gasteiger partial charge in [0.05, 0.1) is 34.7 Å². The maximum absolute atomic E-state index is 13.8. The lowest BCUT2D eigenvalue weighted by Crippen LogP contribution is -2.27. The summed E-state index contributed by atoms with van der Waals surface area (Å²) in [6, 6.07) is 8.92. The Hall–Kier alpha value is -2.54. The first kappa shape index (κ1) is 23.8. The Kier molecular flexibility index (Phi) is 6.02. The Balaban J connectivity index is 1.40. The summed E-state index contributed by atoms with van der Waals surface area (Å²) in [4.78, 5) is -0.0581. The maximum Gasteiger partial charge on any atom is 0.270 e. The molecule has 1 spiro atoms. The number of aromatic nitrogens is 3. The first-order chi connectivity index (χ1) is 17.4. The highest BCUT2D eigenvalue weighted by Crippen LogP contribution is 2.60. The number of nitrogens with zero attached hydrogens (tertiary/aromatic N) is 3. The van der Waals surface area contributed by atoms with Crippen molar-refractivity contribution >= 4 is 61.9 Å². The number of methoxy groups -OCH3 is 1. The molecule has 0 saturated carbocycles. The van der Waals surface area contributed by atoms with Crippen LogP contribution in [0, 0.1) is 0 Å². The standard InChI is InChI=1S/C23H21ClN4O5S3/c1-31-17-4-3-15-20(32-8-5-23(15)34-9-10-35-23)21(17)36(29,30)27-22-19-16(24)11-14(12-18(19)33-26-22)13-28-7-2-6-25-28/h2-4,6-7,11-12H,5,8-10,13H2,1H3,(H,26,27). The number of sulfonamides is 1. The van der Waals surface area contributed by atoms with Crippen molar-refractivity contribution in [3.63, 3.8) is 0 Å². The topological polar surface area (TPSA) is 108 Å². The molecule has 0 aliphatic carbocycles. The zero-order valence-electron chi connectivity index (χ0n) is 19.1. The summed E-state index contributed by atoms with van der Waals surface area (Å²) in [6.07, 6.45) is 4.33. The predicted molar refractivity (Wildman–Crippen MR) is 141 cm³/mol. The molecule has 36 heavy (non-hydrogen) atoms. The number of ether oxygens (including phenoxy) is 2. The van der Waals surface area contributed by atoms with Crippen molar-refractivity contribution in [2.24, 2.45) is 0 Å². The Morgan fingerprint density at radius 3 is 2.86 bits per heavy atom. The van der Waals surface area contributed by atoms with E-state index in [9.17, 15) is 8.42 Å². The second-order valence-electron chi connectivity index (χ2n) is 8.31. The molecule has 0 radical (unpaired) electrons. The molecular formula is C23H21ClN4O5S3. The number of hydrogen-bond donors (Lipinski definition) is 1. The number of halogens is 1. The zero-order valence-corrected chi connectivity index (χ0v) is 22.3. The fraction of sp³-hybridized carbons (Fsp3) is 0.304. The van der Waals surface area contributed by atoms with Gasteiger partial charge in [-0.05, 0) is 35.9 Å². The molecule has 6 rings (SSSR count). The fourth-order valence-electron chi connectivity index (χ4n) is 4.58. The van der Waals surface area contributed by atoms with Crippen LogP contribution in [0.1, 0.15) is 17.5 Å². The van der Waals surface area contributed by atoms with Crippen LogP contribution in [0.4, 0.5) is 5.82 Å². The maximum atomic E-state index is 13.8. The molecule has 0 atom stereocenters. The smallest absolute Gasteiger partial charge is 0.270 e. The van der Waals surface area contributed by atoms with Gasteiger partial charge < -0.3 is 14.0 Å². The molecule has 0 amide bonds. The second-order valence-corrected chi connectivity index (χ2v) is 13.4. The van der Waals surface area contributed by atoms with Gasteiger partial charge in [0.15, 0.2) is 16.3 Å². The molecule has 188 valence electrons. The SMILES string of the molecule is COc1ccc2c(c1S(=O)(=O)Nc1noc3cc(Cn4cccn4)cc(Cl)c13)OCCC21SCCS1. The number of nitrogens with one attached hydrogen (secondary N) is 1. The van der Waals surface area contributed by atoms with Crippen LogP contribution >= 0.6 is 35.1 Å². The quantitative estimate of drug-likeness (QED) is 0.348.